The summed E-state index contributed by atoms with van der Waals surface area (Å²) >= 11 is 0. The van der Waals surface area contributed by atoms with E-state index in [0.717, 1.165) is 50.2 Å². The fraction of sp³-hybridized carbons (Fsp3) is 0.421. The lowest BCUT2D eigenvalue weighted by Gasteiger charge is -2.32. The first-order valence-electron chi connectivity index (χ1n) is 8.50. The number of alkyl halides is 3. The van der Waals surface area contributed by atoms with Crippen LogP contribution in [0.5, 0.6) is 5.75 Å². The lowest BCUT2D eigenvalue weighted by Crippen LogP contribution is -2.34. The summed E-state index contributed by atoms with van der Waals surface area (Å²) in [7, 11) is 0. The number of benzene rings is 1. The number of hydrogen-bond acceptors (Lipinski definition) is 3. The van der Waals surface area contributed by atoms with E-state index in [1.807, 2.05) is 24.4 Å². The number of pyridine rings is 1. The average molecular weight is 350 g/mol. The summed E-state index contributed by atoms with van der Waals surface area (Å²) in [6.45, 7) is 2.00. The number of hydrogen-bond donors (Lipinski definition) is 0. The molecule has 25 heavy (non-hydrogen) atoms. The molecule has 0 bridgehead atoms. The van der Waals surface area contributed by atoms with E-state index in [0.29, 0.717) is 5.92 Å². The smallest absolute Gasteiger partial charge is 0.406 e. The molecule has 0 aliphatic carbocycles. The number of ether oxygens (including phenoxy) is 1. The van der Waals surface area contributed by atoms with E-state index in [-0.39, 0.29) is 5.75 Å². The second-order valence-electron chi connectivity index (χ2n) is 6.35. The summed E-state index contributed by atoms with van der Waals surface area (Å²) < 4.78 is 40.4. The van der Waals surface area contributed by atoms with Crippen molar-refractivity contribution in [3.8, 4) is 5.75 Å². The van der Waals surface area contributed by atoms with Gasteiger partial charge in [0.15, 0.2) is 0 Å². The van der Waals surface area contributed by atoms with Crippen LogP contribution in [0.2, 0.25) is 0 Å². The first kappa shape index (κ1) is 17.6. The van der Waals surface area contributed by atoms with Crippen LogP contribution in [0.4, 0.5) is 19.0 Å². The summed E-state index contributed by atoms with van der Waals surface area (Å²) in [4.78, 5) is 6.69. The number of halogens is 3. The molecule has 1 saturated heterocycles. The van der Waals surface area contributed by atoms with Gasteiger partial charge in [-0.2, -0.15) is 0 Å². The van der Waals surface area contributed by atoms with E-state index in [9.17, 15) is 13.2 Å². The quantitative estimate of drug-likeness (QED) is 0.772. The monoisotopic (exact) mass is 350 g/mol. The van der Waals surface area contributed by atoms with Gasteiger partial charge in [-0.3, -0.25) is 0 Å². The third kappa shape index (κ3) is 5.37. The molecule has 0 N–H and O–H groups in total. The number of aromatic nitrogens is 1. The normalized spacial score (nSPS) is 16.0. The Morgan fingerprint density at radius 1 is 1.04 bits per heavy atom. The van der Waals surface area contributed by atoms with Crippen molar-refractivity contribution < 1.29 is 17.9 Å². The Balaban J connectivity index is 1.44. The molecule has 2 heterocycles. The predicted molar refractivity (Wildman–Crippen MR) is 90.6 cm³/mol. The maximum atomic E-state index is 12.2. The molecule has 0 saturated carbocycles. The Morgan fingerprint density at radius 3 is 2.36 bits per heavy atom. The van der Waals surface area contributed by atoms with Crippen molar-refractivity contribution >= 4 is 5.82 Å². The SMILES string of the molecule is FC(F)(F)Oc1ccc(CCC2CCN(c3ccccn3)CC2)cc1. The maximum absolute atomic E-state index is 12.2. The molecule has 0 unspecified atom stereocenters. The molecule has 6 heteroatoms. The molecular formula is C19H21F3N2O. The van der Waals surface area contributed by atoms with Gasteiger partial charge in [0.1, 0.15) is 11.6 Å². The van der Waals surface area contributed by atoms with Gasteiger partial charge in [-0.25, -0.2) is 4.98 Å². The van der Waals surface area contributed by atoms with Crippen molar-refractivity contribution in [2.75, 3.05) is 18.0 Å². The first-order chi connectivity index (χ1) is 12.0. The zero-order chi connectivity index (χ0) is 17.7. The second kappa shape index (κ2) is 7.76. The molecule has 3 rings (SSSR count). The van der Waals surface area contributed by atoms with E-state index in [2.05, 4.69) is 14.6 Å². The van der Waals surface area contributed by atoms with Gasteiger partial charge in [0, 0.05) is 19.3 Å². The molecule has 1 aromatic heterocycles. The van der Waals surface area contributed by atoms with Crippen molar-refractivity contribution in [3.63, 3.8) is 0 Å². The minimum Gasteiger partial charge on any atom is -0.406 e. The van der Waals surface area contributed by atoms with E-state index >= 15 is 0 Å². The number of anilines is 1. The van der Waals surface area contributed by atoms with Crippen molar-refractivity contribution in [2.45, 2.75) is 32.0 Å². The molecule has 1 aromatic carbocycles. The predicted octanol–water partition coefficient (Wildman–Crippen LogP) is 4.83. The lowest BCUT2D eigenvalue weighted by atomic mass is 9.90. The molecule has 1 aliphatic heterocycles. The maximum Gasteiger partial charge on any atom is 0.573 e. The standard InChI is InChI=1S/C19H21F3N2O/c20-19(21,22)25-17-8-6-15(7-9-17)4-5-16-10-13-24(14-11-16)18-3-1-2-12-23-18/h1-3,6-9,12,16H,4-5,10-11,13-14H2. The Bertz CT molecular complexity index is 651. The molecule has 1 aliphatic rings. The molecule has 0 atom stereocenters. The Morgan fingerprint density at radius 2 is 1.76 bits per heavy atom. The summed E-state index contributed by atoms with van der Waals surface area (Å²) in [6, 6.07) is 12.1. The highest BCUT2D eigenvalue weighted by Crippen LogP contribution is 2.26. The highest BCUT2D eigenvalue weighted by atomic mass is 19.4. The van der Waals surface area contributed by atoms with Gasteiger partial charge in [0.25, 0.3) is 0 Å². The Hall–Kier alpha value is -2.24. The summed E-state index contributed by atoms with van der Waals surface area (Å²) in [6.07, 6.45) is 1.34. The van der Waals surface area contributed by atoms with Crippen molar-refractivity contribution in [1.82, 2.24) is 4.98 Å². The van der Waals surface area contributed by atoms with Gasteiger partial charge in [0.05, 0.1) is 0 Å². The fourth-order valence-corrected chi connectivity index (χ4v) is 3.22. The van der Waals surface area contributed by atoms with E-state index in [1.54, 1.807) is 12.1 Å². The van der Waals surface area contributed by atoms with Gasteiger partial charge in [0.2, 0.25) is 0 Å². The van der Waals surface area contributed by atoms with Crippen LogP contribution < -0.4 is 9.64 Å². The number of piperidine rings is 1. The van der Waals surface area contributed by atoms with Crippen LogP contribution in [0.15, 0.2) is 48.7 Å². The number of nitrogens with zero attached hydrogens (tertiary/aromatic N) is 2. The van der Waals surface area contributed by atoms with Crippen molar-refractivity contribution in [1.29, 1.82) is 0 Å². The summed E-state index contributed by atoms with van der Waals surface area (Å²) in [5, 5.41) is 0. The Labute approximate surface area is 145 Å². The van der Waals surface area contributed by atoms with E-state index < -0.39 is 6.36 Å². The lowest BCUT2D eigenvalue weighted by molar-refractivity contribution is -0.274. The molecular weight excluding hydrogens is 329 g/mol. The Kier molecular flexibility index (Phi) is 5.46. The minimum atomic E-state index is -4.64. The van der Waals surface area contributed by atoms with Crippen LogP contribution in [0.25, 0.3) is 0 Å². The van der Waals surface area contributed by atoms with Gasteiger partial charge >= 0.3 is 6.36 Å². The molecule has 3 nitrogen and oxygen atoms in total. The zero-order valence-electron chi connectivity index (χ0n) is 13.9. The largest absolute Gasteiger partial charge is 0.573 e. The van der Waals surface area contributed by atoms with Crippen LogP contribution in [-0.4, -0.2) is 24.4 Å². The third-order valence-corrected chi connectivity index (χ3v) is 4.59. The third-order valence-electron chi connectivity index (χ3n) is 4.59. The highest BCUT2D eigenvalue weighted by Gasteiger charge is 2.31. The van der Waals surface area contributed by atoms with Gasteiger partial charge in [-0.1, -0.05) is 18.2 Å². The highest BCUT2D eigenvalue weighted by molar-refractivity contribution is 5.38. The minimum absolute atomic E-state index is 0.167. The van der Waals surface area contributed by atoms with Gasteiger partial charge < -0.3 is 9.64 Å². The molecule has 0 amide bonds. The van der Waals surface area contributed by atoms with Gasteiger partial charge in [-0.15, -0.1) is 13.2 Å². The fourth-order valence-electron chi connectivity index (χ4n) is 3.22. The van der Waals surface area contributed by atoms with Crippen LogP contribution >= 0.6 is 0 Å². The summed E-state index contributed by atoms with van der Waals surface area (Å²) in [5.74, 6) is 1.51. The molecule has 1 fully saturated rings. The van der Waals surface area contributed by atoms with E-state index in [1.165, 1.54) is 12.1 Å². The second-order valence-corrected chi connectivity index (χ2v) is 6.35. The zero-order valence-corrected chi connectivity index (χ0v) is 13.9. The first-order valence-corrected chi connectivity index (χ1v) is 8.50. The topological polar surface area (TPSA) is 25.4 Å². The molecule has 134 valence electrons. The molecule has 0 spiro atoms. The average Bonchev–Trinajstić information content (AvgIpc) is 2.61. The molecule has 0 radical (unpaired) electrons. The van der Waals surface area contributed by atoms with Crippen LogP contribution in [0.3, 0.4) is 0 Å². The number of aryl methyl sites for hydroxylation is 1. The molecule has 2 aromatic rings. The van der Waals surface area contributed by atoms with Crippen LogP contribution in [0, 0.1) is 5.92 Å². The number of rotatable bonds is 5. The van der Waals surface area contributed by atoms with Crippen molar-refractivity contribution in [2.24, 2.45) is 5.92 Å². The van der Waals surface area contributed by atoms with Crippen LogP contribution in [0.1, 0.15) is 24.8 Å². The van der Waals surface area contributed by atoms with Crippen molar-refractivity contribution in [3.05, 3.63) is 54.2 Å². The van der Waals surface area contributed by atoms with E-state index in [4.69, 9.17) is 0 Å². The van der Waals surface area contributed by atoms with Crippen LogP contribution in [-0.2, 0) is 6.42 Å². The van der Waals surface area contributed by atoms with Gasteiger partial charge in [-0.05, 0) is 61.4 Å². The summed E-state index contributed by atoms with van der Waals surface area (Å²) in [5.41, 5.74) is 1.04.